The van der Waals surface area contributed by atoms with E-state index < -0.39 is 6.43 Å². The number of aromatic nitrogens is 3. The minimum Gasteiger partial charge on any atom is -0.361 e. The van der Waals surface area contributed by atoms with Crippen LogP contribution in [-0.2, 0) is 6.54 Å². The van der Waals surface area contributed by atoms with Crippen molar-refractivity contribution in [3.63, 3.8) is 0 Å². The standard InChI is InChI=1S/C16H21F2N5OS/c1-10-12(11(2)24-21-10)9-22-4-6-23(7-5-22)14-8-13(15(17)18)19-16(20-14)25-3/h8,15H,4-7,9H2,1-3H3. The van der Waals surface area contributed by atoms with Gasteiger partial charge in [0.1, 0.15) is 17.3 Å². The molecule has 1 saturated heterocycles. The summed E-state index contributed by atoms with van der Waals surface area (Å²) >= 11 is 1.28. The Kier molecular flexibility index (Phi) is 5.53. The second kappa shape index (κ2) is 7.65. The number of anilines is 1. The molecule has 2 aromatic rings. The lowest BCUT2D eigenvalue weighted by molar-refractivity contribution is 0.145. The third-order valence-corrected chi connectivity index (χ3v) is 4.93. The average Bonchev–Trinajstić information content (AvgIpc) is 2.94. The minimum atomic E-state index is -2.59. The summed E-state index contributed by atoms with van der Waals surface area (Å²) in [5.41, 5.74) is 1.83. The third kappa shape index (κ3) is 4.09. The zero-order valence-corrected chi connectivity index (χ0v) is 15.3. The van der Waals surface area contributed by atoms with E-state index in [-0.39, 0.29) is 5.69 Å². The predicted molar refractivity (Wildman–Crippen MR) is 92.2 cm³/mol. The second-order valence-electron chi connectivity index (χ2n) is 6.00. The molecule has 0 unspecified atom stereocenters. The van der Waals surface area contributed by atoms with Gasteiger partial charge in [0.15, 0.2) is 5.16 Å². The van der Waals surface area contributed by atoms with Crippen molar-refractivity contribution in [3.05, 3.63) is 28.8 Å². The lowest BCUT2D eigenvalue weighted by atomic mass is 10.2. The lowest BCUT2D eigenvalue weighted by Crippen LogP contribution is -2.46. The number of thioether (sulfide) groups is 1. The van der Waals surface area contributed by atoms with E-state index in [0.717, 1.165) is 49.7 Å². The molecule has 3 heterocycles. The third-order valence-electron chi connectivity index (χ3n) is 4.38. The summed E-state index contributed by atoms with van der Waals surface area (Å²) in [4.78, 5) is 12.6. The first-order valence-electron chi connectivity index (χ1n) is 8.08. The molecule has 0 aromatic carbocycles. The Morgan fingerprint density at radius 1 is 1.20 bits per heavy atom. The quantitative estimate of drug-likeness (QED) is 0.593. The Morgan fingerprint density at radius 3 is 2.48 bits per heavy atom. The van der Waals surface area contributed by atoms with Crippen molar-refractivity contribution < 1.29 is 13.3 Å². The summed E-state index contributed by atoms with van der Waals surface area (Å²) in [6.45, 7) is 7.77. The van der Waals surface area contributed by atoms with Crippen LogP contribution in [0.1, 0.15) is 29.1 Å². The molecular formula is C16H21F2N5OS. The van der Waals surface area contributed by atoms with Crippen molar-refractivity contribution in [3.8, 4) is 0 Å². The average molecular weight is 369 g/mol. The van der Waals surface area contributed by atoms with E-state index >= 15 is 0 Å². The van der Waals surface area contributed by atoms with Gasteiger partial charge in [0.05, 0.1) is 5.69 Å². The highest BCUT2D eigenvalue weighted by Crippen LogP contribution is 2.25. The molecule has 0 aliphatic carbocycles. The second-order valence-corrected chi connectivity index (χ2v) is 6.78. The number of hydrogen-bond donors (Lipinski definition) is 0. The van der Waals surface area contributed by atoms with Crippen LogP contribution in [0.15, 0.2) is 15.7 Å². The van der Waals surface area contributed by atoms with Crippen LogP contribution in [0, 0.1) is 13.8 Å². The topological polar surface area (TPSA) is 58.3 Å². The number of alkyl halides is 2. The van der Waals surface area contributed by atoms with Crippen LogP contribution in [0.5, 0.6) is 0 Å². The van der Waals surface area contributed by atoms with E-state index in [1.54, 1.807) is 6.26 Å². The highest BCUT2D eigenvalue weighted by atomic mass is 32.2. The Hall–Kier alpha value is -1.74. The van der Waals surface area contributed by atoms with E-state index in [1.807, 2.05) is 18.7 Å². The maximum absolute atomic E-state index is 13.0. The molecule has 0 saturated carbocycles. The zero-order chi connectivity index (χ0) is 18.0. The van der Waals surface area contributed by atoms with Crippen LogP contribution in [-0.4, -0.2) is 52.5 Å². The van der Waals surface area contributed by atoms with Crippen molar-refractivity contribution in [1.29, 1.82) is 0 Å². The summed E-state index contributed by atoms with van der Waals surface area (Å²) < 4.78 is 31.3. The van der Waals surface area contributed by atoms with E-state index in [0.29, 0.717) is 11.0 Å². The van der Waals surface area contributed by atoms with Gasteiger partial charge in [0, 0.05) is 44.4 Å². The first kappa shape index (κ1) is 18.1. The van der Waals surface area contributed by atoms with Gasteiger partial charge < -0.3 is 9.42 Å². The molecule has 0 atom stereocenters. The zero-order valence-electron chi connectivity index (χ0n) is 14.5. The first-order valence-corrected chi connectivity index (χ1v) is 9.30. The van der Waals surface area contributed by atoms with Crippen molar-refractivity contribution in [2.24, 2.45) is 0 Å². The first-order chi connectivity index (χ1) is 12.0. The molecule has 0 N–H and O–H groups in total. The van der Waals surface area contributed by atoms with Crippen molar-refractivity contribution in [1.82, 2.24) is 20.0 Å². The van der Waals surface area contributed by atoms with Crippen molar-refractivity contribution in [2.45, 2.75) is 32.0 Å². The highest BCUT2D eigenvalue weighted by molar-refractivity contribution is 7.98. The van der Waals surface area contributed by atoms with Gasteiger partial charge in [-0.3, -0.25) is 4.90 Å². The number of piperazine rings is 1. The Morgan fingerprint density at radius 2 is 1.92 bits per heavy atom. The molecule has 1 fully saturated rings. The minimum absolute atomic E-state index is 0.215. The Bertz CT molecular complexity index is 712. The van der Waals surface area contributed by atoms with Crippen LogP contribution >= 0.6 is 11.8 Å². The molecule has 1 aliphatic heterocycles. The van der Waals surface area contributed by atoms with Gasteiger partial charge in [-0.1, -0.05) is 16.9 Å². The number of hydrogen-bond acceptors (Lipinski definition) is 7. The van der Waals surface area contributed by atoms with Gasteiger partial charge in [-0.2, -0.15) is 0 Å². The van der Waals surface area contributed by atoms with Crippen molar-refractivity contribution in [2.75, 3.05) is 37.3 Å². The van der Waals surface area contributed by atoms with E-state index in [4.69, 9.17) is 4.52 Å². The fourth-order valence-corrected chi connectivity index (χ4v) is 3.26. The molecular weight excluding hydrogens is 348 g/mol. The summed E-state index contributed by atoms with van der Waals surface area (Å²) in [7, 11) is 0. The van der Waals surface area contributed by atoms with Crippen LogP contribution < -0.4 is 4.90 Å². The van der Waals surface area contributed by atoms with Crippen molar-refractivity contribution >= 4 is 17.6 Å². The van der Waals surface area contributed by atoms with Gasteiger partial charge in [0.2, 0.25) is 0 Å². The summed E-state index contributed by atoms with van der Waals surface area (Å²) in [5.74, 6) is 1.42. The number of rotatable bonds is 5. The van der Waals surface area contributed by atoms with Gasteiger partial charge in [-0.05, 0) is 20.1 Å². The molecule has 6 nitrogen and oxygen atoms in total. The van der Waals surface area contributed by atoms with Crippen LogP contribution in [0.25, 0.3) is 0 Å². The maximum Gasteiger partial charge on any atom is 0.280 e. The monoisotopic (exact) mass is 369 g/mol. The van der Waals surface area contributed by atoms with Crippen LogP contribution in [0.2, 0.25) is 0 Å². The molecule has 25 heavy (non-hydrogen) atoms. The molecule has 0 amide bonds. The molecule has 136 valence electrons. The van der Waals surface area contributed by atoms with Crippen LogP contribution in [0.3, 0.4) is 0 Å². The molecule has 2 aromatic heterocycles. The van der Waals surface area contributed by atoms with Crippen LogP contribution in [0.4, 0.5) is 14.6 Å². The number of nitrogens with zero attached hydrogens (tertiary/aromatic N) is 5. The summed E-state index contributed by atoms with van der Waals surface area (Å²) in [6, 6.07) is 1.40. The normalized spacial score (nSPS) is 16.0. The SMILES string of the molecule is CSc1nc(C(F)F)cc(N2CCN(Cc3c(C)noc3C)CC2)n1. The smallest absolute Gasteiger partial charge is 0.280 e. The lowest BCUT2D eigenvalue weighted by Gasteiger charge is -2.35. The molecule has 0 spiro atoms. The highest BCUT2D eigenvalue weighted by Gasteiger charge is 2.22. The molecule has 1 aliphatic rings. The van der Waals surface area contributed by atoms with Gasteiger partial charge in [0.25, 0.3) is 6.43 Å². The molecule has 9 heteroatoms. The summed E-state index contributed by atoms with van der Waals surface area (Å²) in [5, 5.41) is 4.37. The van der Waals surface area contributed by atoms with E-state index in [1.165, 1.54) is 17.8 Å². The maximum atomic E-state index is 13.0. The van der Waals surface area contributed by atoms with Gasteiger partial charge in [-0.25, -0.2) is 18.7 Å². The fourth-order valence-electron chi connectivity index (χ4n) is 2.88. The van der Waals surface area contributed by atoms with Gasteiger partial charge in [-0.15, -0.1) is 0 Å². The number of aryl methyl sites for hydroxylation is 2. The summed E-state index contributed by atoms with van der Waals surface area (Å²) in [6.07, 6.45) is -0.802. The molecule has 3 rings (SSSR count). The fraction of sp³-hybridized carbons (Fsp3) is 0.562. The van der Waals surface area contributed by atoms with Gasteiger partial charge >= 0.3 is 0 Å². The van der Waals surface area contributed by atoms with E-state index in [2.05, 4.69) is 20.0 Å². The largest absolute Gasteiger partial charge is 0.361 e. The molecule has 0 radical (unpaired) electrons. The molecule has 0 bridgehead atoms. The Balaban J connectivity index is 1.67. The predicted octanol–water partition coefficient (Wildman–Crippen LogP) is 3.06. The number of halogens is 2. The van der Waals surface area contributed by atoms with E-state index in [9.17, 15) is 8.78 Å². The Labute approximate surface area is 149 Å².